The van der Waals surface area contributed by atoms with Crippen LogP contribution in [0.2, 0.25) is 0 Å². The van der Waals surface area contributed by atoms with Crippen molar-refractivity contribution in [2.24, 2.45) is 5.92 Å². The van der Waals surface area contributed by atoms with Gasteiger partial charge in [0.15, 0.2) is 0 Å². The number of rotatable bonds is 4. The topological polar surface area (TPSA) is 40.5 Å². The Morgan fingerprint density at radius 2 is 2.00 bits per heavy atom. The molecular weight excluding hydrogens is 116 g/mol. The van der Waals surface area contributed by atoms with E-state index in [-0.39, 0.29) is 12.7 Å². The summed E-state index contributed by atoms with van der Waals surface area (Å²) in [6, 6.07) is 0. The second kappa shape index (κ2) is 4.77. The first-order valence-corrected chi connectivity index (χ1v) is 3.51. The molecular formula is C7H16O2. The zero-order valence-corrected chi connectivity index (χ0v) is 6.17. The molecule has 2 nitrogen and oxygen atoms in total. The lowest BCUT2D eigenvalue weighted by Crippen LogP contribution is -2.17. The predicted molar refractivity (Wildman–Crippen MR) is 37.2 cm³/mol. The summed E-state index contributed by atoms with van der Waals surface area (Å²) in [6.45, 7) is 4.11. The summed E-state index contributed by atoms with van der Waals surface area (Å²) in [5.41, 5.74) is 0. The second-order valence-corrected chi connectivity index (χ2v) is 2.47. The van der Waals surface area contributed by atoms with Gasteiger partial charge in [0.25, 0.3) is 0 Å². The number of hydrogen-bond donors (Lipinski definition) is 2. The minimum Gasteiger partial charge on any atom is -0.396 e. The SMILES string of the molecule is CC[C@H](C)[C@H](O)CCO. The molecule has 0 unspecified atom stereocenters. The summed E-state index contributed by atoms with van der Waals surface area (Å²) in [7, 11) is 0. The zero-order valence-electron chi connectivity index (χ0n) is 6.17. The van der Waals surface area contributed by atoms with Gasteiger partial charge in [0, 0.05) is 6.61 Å². The molecule has 0 bridgehead atoms. The van der Waals surface area contributed by atoms with Crippen molar-refractivity contribution in [3.8, 4) is 0 Å². The molecule has 0 fully saturated rings. The van der Waals surface area contributed by atoms with E-state index in [0.717, 1.165) is 6.42 Å². The molecule has 0 amide bonds. The van der Waals surface area contributed by atoms with Gasteiger partial charge in [0.2, 0.25) is 0 Å². The Labute approximate surface area is 56.5 Å². The average Bonchev–Trinajstić information content (AvgIpc) is 1.87. The molecule has 0 aromatic heterocycles. The lowest BCUT2D eigenvalue weighted by atomic mass is 10.00. The van der Waals surface area contributed by atoms with Crippen molar-refractivity contribution >= 4 is 0 Å². The van der Waals surface area contributed by atoms with E-state index in [4.69, 9.17) is 10.2 Å². The van der Waals surface area contributed by atoms with Gasteiger partial charge in [-0.15, -0.1) is 0 Å². The maximum absolute atomic E-state index is 9.16. The predicted octanol–water partition coefficient (Wildman–Crippen LogP) is 0.776. The fourth-order valence-electron chi connectivity index (χ4n) is 0.689. The highest BCUT2D eigenvalue weighted by Crippen LogP contribution is 2.09. The highest BCUT2D eigenvalue weighted by molar-refractivity contribution is 4.61. The van der Waals surface area contributed by atoms with Crippen LogP contribution in [0.15, 0.2) is 0 Å². The lowest BCUT2D eigenvalue weighted by Gasteiger charge is -2.14. The maximum Gasteiger partial charge on any atom is 0.0587 e. The van der Waals surface area contributed by atoms with Gasteiger partial charge in [-0.2, -0.15) is 0 Å². The van der Waals surface area contributed by atoms with E-state index in [1.54, 1.807) is 0 Å². The van der Waals surface area contributed by atoms with Gasteiger partial charge in [0.1, 0.15) is 0 Å². The molecule has 0 saturated carbocycles. The zero-order chi connectivity index (χ0) is 7.28. The van der Waals surface area contributed by atoms with E-state index in [2.05, 4.69) is 0 Å². The van der Waals surface area contributed by atoms with Crippen LogP contribution >= 0.6 is 0 Å². The standard InChI is InChI=1S/C7H16O2/c1-3-6(2)7(9)4-5-8/h6-9H,3-5H2,1-2H3/t6-,7+/m0/s1. The Morgan fingerprint density at radius 3 is 2.33 bits per heavy atom. The van der Waals surface area contributed by atoms with Crippen molar-refractivity contribution in [2.75, 3.05) is 6.61 Å². The number of aliphatic hydroxyl groups excluding tert-OH is 2. The van der Waals surface area contributed by atoms with E-state index in [0.29, 0.717) is 12.3 Å². The highest BCUT2D eigenvalue weighted by Gasteiger charge is 2.09. The monoisotopic (exact) mass is 132 g/mol. The van der Waals surface area contributed by atoms with Crippen molar-refractivity contribution in [1.29, 1.82) is 0 Å². The van der Waals surface area contributed by atoms with Gasteiger partial charge in [-0.3, -0.25) is 0 Å². The fraction of sp³-hybridized carbons (Fsp3) is 1.00. The van der Waals surface area contributed by atoms with Gasteiger partial charge >= 0.3 is 0 Å². The smallest absolute Gasteiger partial charge is 0.0587 e. The molecule has 0 aromatic carbocycles. The van der Waals surface area contributed by atoms with Gasteiger partial charge in [0.05, 0.1) is 6.10 Å². The van der Waals surface area contributed by atoms with Crippen LogP contribution < -0.4 is 0 Å². The average molecular weight is 132 g/mol. The molecule has 0 saturated heterocycles. The summed E-state index contributed by atoms with van der Waals surface area (Å²) < 4.78 is 0. The Hall–Kier alpha value is -0.0800. The quantitative estimate of drug-likeness (QED) is 0.593. The van der Waals surface area contributed by atoms with E-state index < -0.39 is 0 Å². The van der Waals surface area contributed by atoms with Crippen molar-refractivity contribution in [3.63, 3.8) is 0 Å². The van der Waals surface area contributed by atoms with E-state index in [1.165, 1.54) is 0 Å². The number of aliphatic hydroxyl groups is 2. The molecule has 2 heteroatoms. The molecule has 56 valence electrons. The molecule has 9 heavy (non-hydrogen) atoms. The first-order chi connectivity index (χ1) is 4.22. The number of hydrogen-bond acceptors (Lipinski definition) is 2. The van der Waals surface area contributed by atoms with Crippen LogP contribution in [-0.4, -0.2) is 22.9 Å². The molecule has 0 aromatic rings. The van der Waals surface area contributed by atoms with Crippen LogP contribution in [0.4, 0.5) is 0 Å². The Balaban J connectivity index is 3.32. The third-order valence-electron chi connectivity index (χ3n) is 1.73. The summed E-state index contributed by atoms with van der Waals surface area (Å²) in [6.07, 6.45) is 1.16. The van der Waals surface area contributed by atoms with Crippen LogP contribution in [0.3, 0.4) is 0 Å². The van der Waals surface area contributed by atoms with Crippen molar-refractivity contribution < 1.29 is 10.2 Å². The fourth-order valence-corrected chi connectivity index (χ4v) is 0.689. The molecule has 2 atom stereocenters. The summed E-state index contributed by atoms with van der Waals surface area (Å²) in [5.74, 6) is 0.317. The van der Waals surface area contributed by atoms with Crippen molar-refractivity contribution in [3.05, 3.63) is 0 Å². The molecule has 2 N–H and O–H groups in total. The van der Waals surface area contributed by atoms with E-state index in [1.807, 2.05) is 13.8 Å². The molecule has 0 rings (SSSR count). The third kappa shape index (κ3) is 3.49. The van der Waals surface area contributed by atoms with Gasteiger partial charge in [-0.05, 0) is 12.3 Å². The van der Waals surface area contributed by atoms with Gasteiger partial charge in [-0.1, -0.05) is 20.3 Å². The second-order valence-electron chi connectivity index (χ2n) is 2.47. The Kier molecular flexibility index (Phi) is 4.72. The maximum atomic E-state index is 9.16. The van der Waals surface area contributed by atoms with Gasteiger partial charge < -0.3 is 10.2 Å². The first-order valence-electron chi connectivity index (χ1n) is 3.51. The van der Waals surface area contributed by atoms with Crippen LogP contribution in [0.25, 0.3) is 0 Å². The molecule has 0 heterocycles. The Bertz CT molecular complexity index is 63.9. The van der Waals surface area contributed by atoms with Crippen LogP contribution in [-0.2, 0) is 0 Å². The van der Waals surface area contributed by atoms with E-state index in [9.17, 15) is 0 Å². The summed E-state index contributed by atoms with van der Waals surface area (Å²) in [5, 5.41) is 17.6. The van der Waals surface area contributed by atoms with Crippen LogP contribution in [0.5, 0.6) is 0 Å². The molecule has 0 radical (unpaired) electrons. The van der Waals surface area contributed by atoms with Crippen molar-refractivity contribution in [2.45, 2.75) is 32.8 Å². The first kappa shape index (κ1) is 8.92. The van der Waals surface area contributed by atoms with Gasteiger partial charge in [-0.25, -0.2) is 0 Å². The molecule has 0 spiro atoms. The summed E-state index contributed by atoms with van der Waals surface area (Å²) >= 11 is 0. The van der Waals surface area contributed by atoms with Crippen LogP contribution in [0.1, 0.15) is 26.7 Å². The van der Waals surface area contributed by atoms with Crippen molar-refractivity contribution in [1.82, 2.24) is 0 Å². The molecule has 0 aliphatic rings. The lowest BCUT2D eigenvalue weighted by molar-refractivity contribution is 0.0844. The molecule has 0 aliphatic carbocycles. The minimum atomic E-state index is -0.319. The minimum absolute atomic E-state index is 0.0888. The normalized spacial score (nSPS) is 17.3. The van der Waals surface area contributed by atoms with E-state index >= 15 is 0 Å². The Morgan fingerprint density at radius 1 is 1.44 bits per heavy atom. The summed E-state index contributed by atoms with van der Waals surface area (Å²) in [4.78, 5) is 0. The molecule has 0 aliphatic heterocycles. The van der Waals surface area contributed by atoms with Crippen LogP contribution in [0, 0.1) is 5.92 Å². The third-order valence-corrected chi connectivity index (χ3v) is 1.73. The largest absolute Gasteiger partial charge is 0.396 e. The highest BCUT2D eigenvalue weighted by atomic mass is 16.3.